The van der Waals surface area contributed by atoms with Crippen LogP contribution in [0, 0.1) is 0 Å². The number of methoxy groups -OCH3 is 1. The van der Waals surface area contributed by atoms with E-state index in [1.807, 2.05) is 12.1 Å². The van der Waals surface area contributed by atoms with Crippen LogP contribution in [-0.2, 0) is 12.8 Å². The summed E-state index contributed by atoms with van der Waals surface area (Å²) >= 11 is 5.89. The summed E-state index contributed by atoms with van der Waals surface area (Å²) in [5, 5.41) is 0.505. The second-order valence-electron chi connectivity index (χ2n) is 9.56. The van der Waals surface area contributed by atoms with Crippen molar-refractivity contribution in [1.82, 2.24) is 9.80 Å². The van der Waals surface area contributed by atoms with Crippen LogP contribution in [0.5, 0.6) is 11.5 Å². The molecule has 0 radical (unpaired) electrons. The monoisotopic (exact) mass is 507 g/mol. The van der Waals surface area contributed by atoms with Crippen LogP contribution in [0.15, 0.2) is 72.0 Å². The van der Waals surface area contributed by atoms with Crippen LogP contribution in [0.4, 0.5) is 0 Å². The summed E-state index contributed by atoms with van der Waals surface area (Å²) in [5.74, 6) is 1.83. The van der Waals surface area contributed by atoms with Crippen molar-refractivity contribution in [2.45, 2.75) is 45.1 Å². The number of hydrogen-bond donors (Lipinski definition) is 0. The fraction of sp³-hybridized carbons (Fsp3) is 0.433. The van der Waals surface area contributed by atoms with Gasteiger partial charge in [-0.05, 0) is 92.7 Å². The van der Waals surface area contributed by atoms with Crippen molar-refractivity contribution in [3.05, 3.63) is 83.7 Å². The number of hydrogen-bond acceptors (Lipinski definition) is 5. The molecule has 1 fully saturated rings. The third-order valence-corrected chi connectivity index (χ3v) is 7.17. The molecule has 0 spiro atoms. The van der Waals surface area contributed by atoms with Gasteiger partial charge < -0.3 is 14.4 Å². The molecule has 36 heavy (non-hydrogen) atoms. The molecule has 5 nitrogen and oxygen atoms in total. The van der Waals surface area contributed by atoms with E-state index in [2.05, 4.69) is 57.8 Å². The Kier molecular flexibility index (Phi) is 9.48. The van der Waals surface area contributed by atoms with Gasteiger partial charge in [0.1, 0.15) is 23.3 Å². The molecule has 2 aliphatic rings. The Morgan fingerprint density at radius 3 is 2.56 bits per heavy atom. The number of aliphatic imine (C=N–C) groups is 1. The molecule has 2 aromatic carbocycles. The molecule has 2 heterocycles. The lowest BCUT2D eigenvalue weighted by molar-refractivity contribution is 0.183. The maximum Gasteiger partial charge on any atom is 0.119 e. The Morgan fingerprint density at radius 2 is 1.83 bits per heavy atom. The Labute approximate surface area is 221 Å². The molecule has 2 aromatic rings. The molecule has 0 saturated carbocycles. The Bertz CT molecular complexity index is 1070. The molecular formula is C30H38ClN3O2. The lowest BCUT2D eigenvalue weighted by Gasteiger charge is -2.39. The van der Waals surface area contributed by atoms with Gasteiger partial charge in [-0.15, -0.1) is 0 Å². The Morgan fingerprint density at radius 1 is 1.08 bits per heavy atom. The molecule has 192 valence electrons. The van der Waals surface area contributed by atoms with Gasteiger partial charge in [-0.1, -0.05) is 42.8 Å². The van der Waals surface area contributed by atoms with Crippen LogP contribution in [0.3, 0.4) is 0 Å². The molecule has 6 heteroatoms. The smallest absolute Gasteiger partial charge is 0.119 e. The molecule has 1 atom stereocenters. The highest BCUT2D eigenvalue weighted by Crippen LogP contribution is 2.37. The topological polar surface area (TPSA) is 37.3 Å². The van der Waals surface area contributed by atoms with E-state index in [0.717, 1.165) is 49.7 Å². The van der Waals surface area contributed by atoms with Gasteiger partial charge in [0.2, 0.25) is 0 Å². The van der Waals surface area contributed by atoms with E-state index in [4.69, 9.17) is 21.1 Å². The van der Waals surface area contributed by atoms with Crippen LogP contribution in [-0.4, -0.2) is 54.9 Å². The molecule has 4 rings (SSSR count). The van der Waals surface area contributed by atoms with E-state index in [9.17, 15) is 0 Å². The zero-order valence-corrected chi connectivity index (χ0v) is 22.3. The minimum atomic E-state index is 0.170. The SMILES string of the molecule is C=C(/C=C\N=C(C)Cl)N1CCc2cc(OC)ccc2C1Cc1ccc(OCCN2CCCCC2)cc1. The third-order valence-electron chi connectivity index (χ3n) is 7.07. The molecule has 2 aliphatic heterocycles. The lowest BCUT2D eigenvalue weighted by Crippen LogP contribution is -2.35. The van der Waals surface area contributed by atoms with Gasteiger partial charge in [-0.2, -0.15) is 0 Å². The number of benzene rings is 2. The molecule has 0 aliphatic carbocycles. The summed E-state index contributed by atoms with van der Waals surface area (Å²) in [6, 6.07) is 15.1. The van der Waals surface area contributed by atoms with Crippen molar-refractivity contribution in [3.63, 3.8) is 0 Å². The van der Waals surface area contributed by atoms with E-state index >= 15 is 0 Å². The maximum atomic E-state index is 6.05. The number of likely N-dealkylation sites (tertiary alicyclic amines) is 1. The number of piperidine rings is 1. The van der Waals surface area contributed by atoms with Crippen LogP contribution < -0.4 is 9.47 Å². The predicted molar refractivity (Wildman–Crippen MR) is 149 cm³/mol. The molecule has 0 N–H and O–H groups in total. The van der Waals surface area contributed by atoms with Crippen molar-refractivity contribution < 1.29 is 9.47 Å². The quantitative estimate of drug-likeness (QED) is 0.276. The first kappa shape index (κ1) is 26.3. The summed E-state index contributed by atoms with van der Waals surface area (Å²) in [6.07, 6.45) is 9.46. The lowest BCUT2D eigenvalue weighted by atomic mass is 9.88. The van der Waals surface area contributed by atoms with Gasteiger partial charge in [0, 0.05) is 25.0 Å². The van der Waals surface area contributed by atoms with Crippen molar-refractivity contribution in [2.24, 2.45) is 4.99 Å². The molecule has 1 saturated heterocycles. The second kappa shape index (κ2) is 13.0. The largest absolute Gasteiger partial charge is 0.497 e. The Hall–Kier alpha value is -2.76. The van der Waals surface area contributed by atoms with E-state index in [0.29, 0.717) is 5.17 Å². The van der Waals surface area contributed by atoms with Gasteiger partial charge in [-0.3, -0.25) is 4.90 Å². The first-order chi connectivity index (χ1) is 17.5. The highest BCUT2D eigenvalue weighted by molar-refractivity contribution is 6.64. The van der Waals surface area contributed by atoms with E-state index < -0.39 is 0 Å². The van der Waals surface area contributed by atoms with E-state index in [1.165, 1.54) is 49.0 Å². The van der Waals surface area contributed by atoms with Gasteiger partial charge in [-0.25, -0.2) is 4.99 Å². The summed E-state index contributed by atoms with van der Waals surface area (Å²) in [6.45, 7) is 11.1. The molecule has 1 unspecified atom stereocenters. The van der Waals surface area contributed by atoms with Gasteiger partial charge in [0.05, 0.1) is 13.2 Å². The molecule has 0 bridgehead atoms. The third kappa shape index (κ3) is 7.14. The van der Waals surface area contributed by atoms with Crippen molar-refractivity contribution in [1.29, 1.82) is 0 Å². The highest BCUT2D eigenvalue weighted by atomic mass is 35.5. The van der Waals surface area contributed by atoms with E-state index in [-0.39, 0.29) is 6.04 Å². The Balaban J connectivity index is 1.46. The van der Waals surface area contributed by atoms with E-state index in [1.54, 1.807) is 20.2 Å². The van der Waals surface area contributed by atoms with Gasteiger partial charge >= 0.3 is 0 Å². The maximum absolute atomic E-state index is 6.05. The zero-order valence-electron chi connectivity index (χ0n) is 21.6. The molecular weight excluding hydrogens is 470 g/mol. The van der Waals surface area contributed by atoms with Crippen LogP contribution >= 0.6 is 11.6 Å². The number of allylic oxidation sites excluding steroid dienone is 1. The minimum absolute atomic E-state index is 0.170. The minimum Gasteiger partial charge on any atom is -0.497 e. The molecule has 0 aromatic heterocycles. The van der Waals surface area contributed by atoms with Gasteiger partial charge in [0.15, 0.2) is 0 Å². The zero-order chi connectivity index (χ0) is 25.3. The predicted octanol–water partition coefficient (Wildman–Crippen LogP) is 6.39. The number of rotatable bonds is 10. The number of halogens is 1. The summed E-state index contributed by atoms with van der Waals surface area (Å²) in [4.78, 5) is 9.05. The van der Waals surface area contributed by atoms with Crippen molar-refractivity contribution in [2.75, 3.05) is 39.9 Å². The van der Waals surface area contributed by atoms with Crippen LogP contribution in [0.2, 0.25) is 0 Å². The summed E-state index contributed by atoms with van der Waals surface area (Å²) < 4.78 is 11.5. The van der Waals surface area contributed by atoms with Crippen molar-refractivity contribution in [3.8, 4) is 11.5 Å². The second-order valence-corrected chi connectivity index (χ2v) is 10.1. The van der Waals surface area contributed by atoms with Gasteiger partial charge in [0.25, 0.3) is 0 Å². The average molecular weight is 508 g/mol. The molecule has 0 amide bonds. The summed E-state index contributed by atoms with van der Waals surface area (Å²) in [7, 11) is 1.72. The first-order valence-corrected chi connectivity index (χ1v) is 13.3. The van der Waals surface area contributed by atoms with Crippen LogP contribution in [0.25, 0.3) is 0 Å². The fourth-order valence-electron chi connectivity index (χ4n) is 5.12. The average Bonchev–Trinajstić information content (AvgIpc) is 2.89. The normalized spacial score (nSPS) is 18.8. The summed E-state index contributed by atoms with van der Waals surface area (Å²) in [5.41, 5.74) is 4.85. The van der Waals surface area contributed by atoms with Crippen LogP contribution in [0.1, 0.15) is 48.9 Å². The first-order valence-electron chi connectivity index (χ1n) is 13.0. The standard InChI is InChI=1S/C30H38ClN3O2/c1-23(13-15-32-24(2)31)34-18-14-26-22-28(35-3)11-12-29(26)30(34)21-25-7-9-27(10-8-25)36-20-19-33-16-5-4-6-17-33/h7-13,15,22,30H,1,4-6,14,16-21H2,2-3H3/b15-13-,32-24?. The van der Waals surface area contributed by atoms with Crippen molar-refractivity contribution >= 4 is 16.8 Å². The number of fused-ring (bicyclic) bond motifs is 1. The number of nitrogens with zero attached hydrogens (tertiary/aromatic N) is 3. The fourth-order valence-corrected chi connectivity index (χ4v) is 5.18. The highest BCUT2D eigenvalue weighted by Gasteiger charge is 2.28. The number of ether oxygens (including phenoxy) is 2.